The van der Waals surface area contributed by atoms with E-state index in [1.807, 2.05) is 26.0 Å². The highest BCUT2D eigenvalue weighted by atomic mass is 19.4. The van der Waals surface area contributed by atoms with Crippen molar-refractivity contribution in [2.24, 2.45) is 5.92 Å². The summed E-state index contributed by atoms with van der Waals surface area (Å²) in [6.07, 6.45) is -4.47. The molecule has 6 nitrogen and oxygen atoms in total. The summed E-state index contributed by atoms with van der Waals surface area (Å²) >= 11 is 0. The fourth-order valence-corrected chi connectivity index (χ4v) is 4.37. The molecular weight excluding hydrogens is 485 g/mol. The van der Waals surface area contributed by atoms with E-state index in [0.717, 1.165) is 41.0 Å². The molecule has 1 aliphatic heterocycles. The zero-order valence-electron chi connectivity index (χ0n) is 20.4. The van der Waals surface area contributed by atoms with Crippen LogP contribution in [0.3, 0.4) is 0 Å². The van der Waals surface area contributed by atoms with E-state index in [9.17, 15) is 27.6 Å². The van der Waals surface area contributed by atoms with Crippen LogP contribution in [0, 0.1) is 5.92 Å². The molecule has 37 heavy (non-hydrogen) atoms. The first-order valence-corrected chi connectivity index (χ1v) is 11.6. The fraction of sp³-hybridized carbons (Fsp3) is 0.250. The van der Waals surface area contributed by atoms with Crippen LogP contribution in [0.25, 0.3) is 11.1 Å². The molecule has 0 saturated carbocycles. The molecule has 0 bridgehead atoms. The Kier molecular flexibility index (Phi) is 7.07. The number of ether oxygens (including phenoxy) is 1. The molecule has 1 aliphatic rings. The molecule has 0 unspecified atom stereocenters. The van der Waals surface area contributed by atoms with Crippen LogP contribution in [0.5, 0.6) is 0 Å². The maximum atomic E-state index is 13.1. The second-order valence-corrected chi connectivity index (χ2v) is 9.12. The Hall–Kier alpha value is -4.14. The molecule has 0 aliphatic carbocycles. The van der Waals surface area contributed by atoms with Crippen molar-refractivity contribution in [2.45, 2.75) is 32.6 Å². The third-order valence-electron chi connectivity index (χ3n) is 6.30. The molecule has 192 valence electrons. The molecule has 0 radical (unpaired) electrons. The molecular formula is C28H25F3N2O4. The highest BCUT2D eigenvalue weighted by molar-refractivity contribution is 6.04. The Balaban J connectivity index is 1.48. The van der Waals surface area contributed by atoms with Crippen molar-refractivity contribution in [3.63, 3.8) is 0 Å². The van der Waals surface area contributed by atoms with Gasteiger partial charge in [-0.05, 0) is 65.1 Å². The predicted molar refractivity (Wildman–Crippen MR) is 132 cm³/mol. The first-order valence-electron chi connectivity index (χ1n) is 11.6. The van der Waals surface area contributed by atoms with E-state index >= 15 is 0 Å². The largest absolute Gasteiger partial charge is 0.467 e. The number of halogens is 3. The summed E-state index contributed by atoms with van der Waals surface area (Å²) in [6, 6.07) is 15.7. The van der Waals surface area contributed by atoms with Crippen LogP contribution in [0.1, 0.15) is 45.7 Å². The van der Waals surface area contributed by atoms with Crippen molar-refractivity contribution in [1.29, 1.82) is 0 Å². The molecule has 3 aromatic carbocycles. The van der Waals surface area contributed by atoms with E-state index < -0.39 is 29.7 Å². The second kappa shape index (κ2) is 10.1. The van der Waals surface area contributed by atoms with E-state index in [1.54, 1.807) is 30.3 Å². The summed E-state index contributed by atoms with van der Waals surface area (Å²) in [5.41, 5.74) is 2.67. The molecule has 9 heteroatoms. The van der Waals surface area contributed by atoms with Crippen LogP contribution < -0.4 is 5.32 Å². The molecule has 0 aromatic heterocycles. The number of methoxy groups -OCH3 is 1. The zero-order chi connectivity index (χ0) is 26.9. The molecule has 0 spiro atoms. The molecule has 1 heterocycles. The van der Waals surface area contributed by atoms with E-state index in [-0.39, 0.29) is 17.4 Å². The van der Waals surface area contributed by atoms with E-state index in [0.29, 0.717) is 17.8 Å². The number of nitrogens with zero attached hydrogens (tertiary/aromatic N) is 1. The SMILES string of the molecule is COC(=O)[C@H](C(C)C)N1Cc2ccc(-c3ccc(NC(=O)c4ccc(C(F)(F)F)cc4)cc3)cc2C1=O. The topological polar surface area (TPSA) is 75.7 Å². The van der Waals surface area contributed by atoms with Gasteiger partial charge in [0.1, 0.15) is 6.04 Å². The minimum Gasteiger partial charge on any atom is -0.467 e. The Morgan fingerprint density at radius 2 is 1.57 bits per heavy atom. The lowest BCUT2D eigenvalue weighted by Crippen LogP contribution is -2.45. The van der Waals surface area contributed by atoms with Crippen LogP contribution in [-0.4, -0.2) is 35.8 Å². The first-order chi connectivity index (χ1) is 17.5. The van der Waals surface area contributed by atoms with Gasteiger partial charge in [-0.15, -0.1) is 0 Å². The number of nitrogens with one attached hydrogen (secondary N) is 1. The maximum Gasteiger partial charge on any atom is 0.416 e. The van der Waals surface area contributed by atoms with Crippen molar-refractivity contribution >= 4 is 23.5 Å². The molecule has 3 aromatic rings. The van der Waals surface area contributed by atoms with Crippen LogP contribution in [0.15, 0.2) is 66.7 Å². The number of carbonyl (C=O) groups excluding carboxylic acids is 3. The van der Waals surface area contributed by atoms with E-state index in [2.05, 4.69) is 5.32 Å². The fourth-order valence-electron chi connectivity index (χ4n) is 4.37. The number of fused-ring (bicyclic) bond motifs is 1. The smallest absolute Gasteiger partial charge is 0.416 e. The first kappa shape index (κ1) is 25.9. The lowest BCUT2D eigenvalue weighted by Gasteiger charge is -2.28. The minimum absolute atomic E-state index is 0.102. The van der Waals surface area contributed by atoms with Crippen LogP contribution in [0.4, 0.5) is 18.9 Å². The van der Waals surface area contributed by atoms with Gasteiger partial charge < -0.3 is 15.0 Å². The van der Waals surface area contributed by atoms with Gasteiger partial charge >= 0.3 is 12.1 Å². The summed E-state index contributed by atoms with van der Waals surface area (Å²) in [5, 5.41) is 2.66. The monoisotopic (exact) mass is 510 g/mol. The van der Waals surface area contributed by atoms with Crippen molar-refractivity contribution in [2.75, 3.05) is 12.4 Å². The molecule has 1 atom stereocenters. The number of anilines is 1. The lowest BCUT2D eigenvalue weighted by molar-refractivity contribution is -0.147. The van der Waals surface area contributed by atoms with Gasteiger partial charge in [0.15, 0.2) is 0 Å². The van der Waals surface area contributed by atoms with Crippen LogP contribution in [-0.2, 0) is 22.3 Å². The molecule has 0 saturated heterocycles. The van der Waals surface area contributed by atoms with E-state index in [4.69, 9.17) is 4.74 Å². The molecule has 2 amide bonds. The Morgan fingerprint density at radius 3 is 2.14 bits per heavy atom. The summed E-state index contributed by atoms with van der Waals surface area (Å²) in [4.78, 5) is 39.4. The maximum absolute atomic E-state index is 13.1. The Bertz CT molecular complexity index is 1330. The quantitative estimate of drug-likeness (QED) is 0.427. The number of rotatable bonds is 6. The molecule has 0 fully saturated rings. The average Bonchev–Trinajstić information content (AvgIpc) is 3.19. The highest BCUT2D eigenvalue weighted by Gasteiger charge is 2.38. The summed E-state index contributed by atoms with van der Waals surface area (Å²) in [5.74, 6) is -1.34. The number of amides is 2. The van der Waals surface area contributed by atoms with E-state index in [1.165, 1.54) is 12.0 Å². The van der Waals surface area contributed by atoms with Crippen molar-refractivity contribution in [3.8, 4) is 11.1 Å². The molecule has 4 rings (SSSR count). The van der Waals surface area contributed by atoms with Crippen LogP contribution >= 0.6 is 0 Å². The van der Waals surface area contributed by atoms with Gasteiger partial charge in [-0.25, -0.2) is 4.79 Å². The number of hydrogen-bond acceptors (Lipinski definition) is 4. The lowest BCUT2D eigenvalue weighted by atomic mass is 10.00. The van der Waals surface area contributed by atoms with Gasteiger partial charge in [-0.2, -0.15) is 13.2 Å². The summed E-state index contributed by atoms with van der Waals surface area (Å²) in [7, 11) is 1.30. The minimum atomic E-state index is -4.47. The third-order valence-corrected chi connectivity index (χ3v) is 6.30. The summed E-state index contributed by atoms with van der Waals surface area (Å²) < 4.78 is 43.1. The average molecular weight is 511 g/mol. The van der Waals surface area contributed by atoms with Gasteiger partial charge in [-0.3, -0.25) is 9.59 Å². The normalized spacial score (nSPS) is 13.9. The number of benzene rings is 3. The van der Waals surface area contributed by atoms with Crippen molar-refractivity contribution in [3.05, 3.63) is 89.0 Å². The highest BCUT2D eigenvalue weighted by Crippen LogP contribution is 2.32. The van der Waals surface area contributed by atoms with Gasteiger partial charge in [-0.1, -0.05) is 38.1 Å². The Morgan fingerprint density at radius 1 is 0.946 bits per heavy atom. The number of esters is 1. The van der Waals surface area contributed by atoms with Crippen LogP contribution in [0.2, 0.25) is 0 Å². The summed E-state index contributed by atoms with van der Waals surface area (Å²) in [6.45, 7) is 4.05. The number of alkyl halides is 3. The second-order valence-electron chi connectivity index (χ2n) is 9.12. The molecule has 1 N–H and O–H groups in total. The number of hydrogen-bond donors (Lipinski definition) is 1. The number of carbonyl (C=O) groups is 3. The third kappa shape index (κ3) is 5.35. The standard InChI is InChI=1S/C28H25F3N2O4/c1-16(2)24(27(36)37-3)33-15-20-5-4-19(14-23(20)26(33)35)17-8-12-22(13-9-17)32-25(34)18-6-10-21(11-7-18)28(29,30)31/h4-14,16,24H,15H2,1-3H3,(H,32,34)/t24-/m0/s1. The Labute approximate surface area is 212 Å². The van der Waals surface area contributed by atoms with Crippen molar-refractivity contribution < 1.29 is 32.3 Å². The van der Waals surface area contributed by atoms with Gasteiger partial charge in [0.25, 0.3) is 11.8 Å². The zero-order valence-corrected chi connectivity index (χ0v) is 20.4. The van der Waals surface area contributed by atoms with Gasteiger partial charge in [0, 0.05) is 23.4 Å². The predicted octanol–water partition coefficient (Wildman–Crippen LogP) is 5.78. The van der Waals surface area contributed by atoms with Gasteiger partial charge in [0.2, 0.25) is 0 Å². The van der Waals surface area contributed by atoms with Crippen molar-refractivity contribution in [1.82, 2.24) is 4.90 Å². The van der Waals surface area contributed by atoms with Gasteiger partial charge in [0.05, 0.1) is 12.7 Å².